The van der Waals surface area contributed by atoms with Crippen LogP contribution >= 0.6 is 27.7 Å². The number of halogens is 1. The van der Waals surface area contributed by atoms with Gasteiger partial charge in [-0.15, -0.1) is 10.2 Å². The van der Waals surface area contributed by atoms with E-state index in [-0.39, 0.29) is 23.2 Å². The Morgan fingerprint density at radius 1 is 1.20 bits per heavy atom. The number of hydrogen-bond donors (Lipinski definition) is 2. The molecule has 0 bridgehead atoms. The smallest absolute Gasteiger partial charge is 0.274 e. The van der Waals surface area contributed by atoms with Gasteiger partial charge in [0, 0.05) is 9.86 Å². The number of benzene rings is 2. The van der Waals surface area contributed by atoms with Crippen LogP contribution in [0.5, 0.6) is 5.88 Å². The highest BCUT2D eigenvalue weighted by molar-refractivity contribution is 9.10. The van der Waals surface area contributed by atoms with E-state index < -0.39 is 0 Å². The number of amides is 1. The summed E-state index contributed by atoms with van der Waals surface area (Å²) in [4.78, 5) is 14.7. The number of fused-ring (bicyclic) bond motifs is 1. The predicted octanol–water partition coefficient (Wildman–Crippen LogP) is 5.22. The van der Waals surface area contributed by atoms with E-state index in [0.717, 1.165) is 22.2 Å². The fourth-order valence-corrected chi connectivity index (χ4v) is 3.48. The molecule has 0 aliphatic carbocycles. The first kappa shape index (κ1) is 17.7. The number of aromatic amines is 1. The highest BCUT2D eigenvalue weighted by Crippen LogP contribution is 2.36. The summed E-state index contributed by atoms with van der Waals surface area (Å²) in [5, 5.41) is 18.3. The molecular formula is C18H16BrN3O2S. The molecule has 0 radical (unpaired) electrons. The zero-order valence-electron chi connectivity index (χ0n) is 13.3. The Kier molecular flexibility index (Phi) is 5.88. The number of carbonyl (C=O) groups excluding carboxylic acids is 1. The maximum atomic E-state index is 11.9. The van der Waals surface area contributed by atoms with Crippen LogP contribution in [0.1, 0.15) is 5.56 Å². The van der Waals surface area contributed by atoms with E-state index in [0.29, 0.717) is 5.39 Å². The molecular weight excluding hydrogens is 402 g/mol. The Balaban J connectivity index is 1.56. The van der Waals surface area contributed by atoms with Crippen molar-refractivity contribution in [2.75, 3.05) is 11.5 Å². The average Bonchev–Trinajstić information content (AvgIpc) is 2.92. The topological polar surface area (TPSA) is 77.8 Å². The van der Waals surface area contributed by atoms with Crippen LogP contribution in [0.3, 0.4) is 0 Å². The van der Waals surface area contributed by atoms with Gasteiger partial charge in [0.25, 0.3) is 5.91 Å². The lowest BCUT2D eigenvalue weighted by molar-refractivity contribution is -0.115. The van der Waals surface area contributed by atoms with Crippen molar-refractivity contribution in [1.29, 1.82) is 0 Å². The molecule has 0 unspecified atom stereocenters. The Morgan fingerprint density at radius 3 is 2.80 bits per heavy atom. The van der Waals surface area contributed by atoms with Crippen LogP contribution in [0.15, 0.2) is 63.2 Å². The first-order valence-electron chi connectivity index (χ1n) is 7.70. The van der Waals surface area contributed by atoms with Crippen LogP contribution in [0, 0.1) is 0 Å². The summed E-state index contributed by atoms with van der Waals surface area (Å²) in [5.74, 6) is 0.697. The second-order valence-corrected chi connectivity index (χ2v) is 7.41. The normalized spacial score (nSPS) is 11.4. The fourth-order valence-electron chi connectivity index (χ4n) is 2.37. The van der Waals surface area contributed by atoms with Gasteiger partial charge in [-0.1, -0.05) is 46.3 Å². The van der Waals surface area contributed by atoms with Crippen LogP contribution in [0.4, 0.5) is 5.69 Å². The number of aryl methyl sites for hydroxylation is 1. The van der Waals surface area contributed by atoms with Crippen molar-refractivity contribution >= 4 is 50.2 Å². The molecule has 1 aromatic heterocycles. The Morgan fingerprint density at radius 2 is 2.00 bits per heavy atom. The third-order valence-corrected chi connectivity index (χ3v) is 5.02. The highest BCUT2D eigenvalue weighted by atomic mass is 79.9. The molecule has 2 N–H and O–H groups in total. The molecule has 0 aliphatic heterocycles. The van der Waals surface area contributed by atoms with Crippen molar-refractivity contribution < 1.29 is 9.90 Å². The number of nitrogens with one attached hydrogen (secondary N) is 1. The van der Waals surface area contributed by atoms with Gasteiger partial charge in [-0.2, -0.15) is 11.8 Å². The van der Waals surface area contributed by atoms with Gasteiger partial charge < -0.3 is 10.1 Å². The second-order valence-electron chi connectivity index (χ2n) is 5.39. The largest absolute Gasteiger partial charge is 0.493 e. The number of aromatic hydroxyl groups is 1. The van der Waals surface area contributed by atoms with Gasteiger partial charge in [0.2, 0.25) is 5.88 Å². The molecule has 25 heavy (non-hydrogen) atoms. The Bertz CT molecular complexity index is 909. The van der Waals surface area contributed by atoms with Gasteiger partial charge in [-0.25, -0.2) is 0 Å². The molecule has 7 heteroatoms. The van der Waals surface area contributed by atoms with Crippen molar-refractivity contribution in [2.24, 2.45) is 10.2 Å². The van der Waals surface area contributed by atoms with E-state index in [9.17, 15) is 9.90 Å². The van der Waals surface area contributed by atoms with Crippen LogP contribution < -0.4 is 0 Å². The Labute approximate surface area is 157 Å². The maximum Gasteiger partial charge on any atom is 0.274 e. The molecule has 3 rings (SSSR count). The summed E-state index contributed by atoms with van der Waals surface area (Å²) in [5.41, 5.74) is 2.26. The van der Waals surface area contributed by atoms with Crippen LogP contribution in [0.2, 0.25) is 0 Å². The summed E-state index contributed by atoms with van der Waals surface area (Å²) in [7, 11) is 0. The molecule has 5 nitrogen and oxygen atoms in total. The van der Waals surface area contributed by atoms with Crippen molar-refractivity contribution in [2.45, 2.75) is 6.42 Å². The summed E-state index contributed by atoms with van der Waals surface area (Å²) in [6.07, 6.45) is 0.910. The van der Waals surface area contributed by atoms with E-state index in [4.69, 9.17) is 0 Å². The third kappa shape index (κ3) is 4.70. The van der Waals surface area contributed by atoms with Crippen LogP contribution in [0.25, 0.3) is 10.9 Å². The van der Waals surface area contributed by atoms with E-state index >= 15 is 0 Å². The van der Waals surface area contributed by atoms with E-state index in [1.54, 1.807) is 0 Å². The standard InChI is InChI=1S/C18H16BrN3O2S/c19-13-6-7-15-14(10-13)17(18(24)20-15)22-21-16(23)11-25-9-8-12-4-2-1-3-5-12/h1-7,10,20,24H,8-9,11H2. The Hall–Kier alpha value is -2.12. The summed E-state index contributed by atoms with van der Waals surface area (Å²) >= 11 is 4.90. The number of aromatic nitrogens is 1. The van der Waals surface area contributed by atoms with Crippen molar-refractivity contribution in [3.8, 4) is 5.88 Å². The number of azo groups is 1. The van der Waals surface area contributed by atoms with E-state index in [1.165, 1.54) is 17.3 Å². The first-order valence-corrected chi connectivity index (χ1v) is 9.64. The number of H-pyrrole nitrogens is 1. The van der Waals surface area contributed by atoms with Gasteiger partial charge in [-0.3, -0.25) is 4.79 Å². The number of nitrogens with zero attached hydrogens (tertiary/aromatic N) is 2. The second kappa shape index (κ2) is 8.31. The minimum Gasteiger partial charge on any atom is -0.493 e. The predicted molar refractivity (Wildman–Crippen MR) is 105 cm³/mol. The number of carbonyl (C=O) groups is 1. The van der Waals surface area contributed by atoms with Crippen molar-refractivity contribution in [3.63, 3.8) is 0 Å². The average molecular weight is 418 g/mol. The van der Waals surface area contributed by atoms with Crippen molar-refractivity contribution in [1.82, 2.24) is 4.98 Å². The molecule has 3 aromatic rings. The van der Waals surface area contributed by atoms with Gasteiger partial charge in [0.1, 0.15) is 0 Å². The van der Waals surface area contributed by atoms with Gasteiger partial charge >= 0.3 is 0 Å². The van der Waals surface area contributed by atoms with Gasteiger partial charge in [0.05, 0.1) is 11.3 Å². The van der Waals surface area contributed by atoms with E-state index in [1.807, 2.05) is 36.4 Å². The maximum absolute atomic E-state index is 11.9. The quantitative estimate of drug-likeness (QED) is 0.426. The summed E-state index contributed by atoms with van der Waals surface area (Å²) in [6, 6.07) is 15.6. The molecule has 1 amide bonds. The molecule has 0 fully saturated rings. The zero-order valence-corrected chi connectivity index (χ0v) is 15.7. The monoisotopic (exact) mass is 417 g/mol. The number of rotatable bonds is 6. The SMILES string of the molecule is O=C(CSCCc1ccccc1)N=Nc1c(O)[nH]c2ccc(Br)cc12. The van der Waals surface area contributed by atoms with Gasteiger partial charge in [0.15, 0.2) is 5.69 Å². The molecule has 0 saturated carbocycles. The van der Waals surface area contributed by atoms with E-state index in [2.05, 4.69) is 43.3 Å². The van der Waals surface area contributed by atoms with Crippen molar-refractivity contribution in [3.05, 3.63) is 58.6 Å². The molecule has 0 spiro atoms. The summed E-state index contributed by atoms with van der Waals surface area (Å²) in [6.45, 7) is 0. The van der Waals surface area contributed by atoms with Crippen LogP contribution in [-0.4, -0.2) is 27.5 Å². The molecule has 2 aromatic carbocycles. The summed E-state index contributed by atoms with van der Waals surface area (Å²) < 4.78 is 0.859. The molecule has 1 heterocycles. The molecule has 0 saturated heterocycles. The molecule has 0 aliphatic rings. The first-order chi connectivity index (χ1) is 12.1. The van der Waals surface area contributed by atoms with Gasteiger partial charge in [-0.05, 0) is 35.9 Å². The number of hydrogen-bond acceptors (Lipinski definition) is 4. The van der Waals surface area contributed by atoms with Crippen LogP contribution in [-0.2, 0) is 11.2 Å². The molecule has 128 valence electrons. The lowest BCUT2D eigenvalue weighted by atomic mass is 10.2. The minimum absolute atomic E-state index is 0.0959. The minimum atomic E-state index is -0.318. The fraction of sp³-hybridized carbons (Fsp3) is 0.167. The molecule has 0 atom stereocenters. The lowest BCUT2D eigenvalue weighted by Gasteiger charge is -1.99. The zero-order chi connectivity index (χ0) is 17.6. The third-order valence-electron chi connectivity index (χ3n) is 3.58. The highest BCUT2D eigenvalue weighted by Gasteiger charge is 2.11. The lowest BCUT2D eigenvalue weighted by Crippen LogP contribution is -1.98. The number of thioether (sulfide) groups is 1.